The molecule has 18 heavy (non-hydrogen) atoms. The summed E-state index contributed by atoms with van der Waals surface area (Å²) in [6.45, 7) is 2.76. The van der Waals surface area contributed by atoms with Crippen molar-refractivity contribution in [3.8, 4) is 0 Å². The van der Waals surface area contributed by atoms with Gasteiger partial charge in [0, 0.05) is 13.0 Å². The van der Waals surface area contributed by atoms with Gasteiger partial charge in [-0.15, -0.1) is 0 Å². The molecule has 2 aromatic rings. The first-order valence-corrected chi connectivity index (χ1v) is 5.58. The maximum Gasteiger partial charge on any atom is 0.223 e. The summed E-state index contributed by atoms with van der Waals surface area (Å²) in [5, 5.41) is 6.79. The molecule has 96 valence electrons. The van der Waals surface area contributed by atoms with Crippen LogP contribution >= 0.6 is 0 Å². The summed E-state index contributed by atoms with van der Waals surface area (Å²) >= 11 is 0. The summed E-state index contributed by atoms with van der Waals surface area (Å²) in [5.74, 6) is -0.0329. The van der Waals surface area contributed by atoms with Crippen molar-refractivity contribution in [2.24, 2.45) is 0 Å². The number of hydrogen-bond acceptors (Lipinski definition) is 4. The van der Waals surface area contributed by atoms with E-state index in [1.54, 1.807) is 6.92 Å². The maximum absolute atomic E-state index is 12.9. The van der Waals surface area contributed by atoms with E-state index in [0.717, 1.165) is 6.07 Å². The molecular formula is C12H13F2N3O. The molecule has 0 saturated heterocycles. The molecule has 2 rings (SSSR count). The zero-order valence-electron chi connectivity index (χ0n) is 9.91. The second-order valence-electron chi connectivity index (χ2n) is 3.93. The molecule has 0 saturated carbocycles. The Bertz CT molecular complexity index is 508. The predicted molar refractivity (Wildman–Crippen MR) is 60.8 cm³/mol. The molecule has 0 aliphatic carbocycles. The molecule has 0 radical (unpaired) electrons. The Hall–Kier alpha value is -1.82. The van der Waals surface area contributed by atoms with Gasteiger partial charge in [-0.1, -0.05) is 5.16 Å². The molecule has 0 bridgehead atoms. The van der Waals surface area contributed by atoms with Crippen molar-refractivity contribution < 1.29 is 13.3 Å². The third-order valence-electron chi connectivity index (χ3n) is 2.37. The van der Waals surface area contributed by atoms with Crippen LogP contribution in [0.3, 0.4) is 0 Å². The molecule has 0 atom stereocenters. The fraction of sp³-hybridized carbons (Fsp3) is 0.333. The standard InChI is InChI=1S/C12H13F2N3O/c1-8-16-12(17-18-8)7-15-3-2-9-4-10(13)6-11(14)5-9/h4-6,15H,2-3,7H2,1H3. The fourth-order valence-corrected chi connectivity index (χ4v) is 1.60. The Morgan fingerprint density at radius 1 is 1.22 bits per heavy atom. The van der Waals surface area contributed by atoms with Crippen LogP contribution < -0.4 is 5.32 Å². The van der Waals surface area contributed by atoms with Crippen LogP contribution in [-0.2, 0) is 13.0 Å². The average Bonchev–Trinajstić information content (AvgIpc) is 2.69. The lowest BCUT2D eigenvalue weighted by Crippen LogP contribution is -2.17. The SMILES string of the molecule is Cc1nc(CNCCc2cc(F)cc(F)c2)no1. The number of aryl methyl sites for hydroxylation is 1. The Kier molecular flexibility index (Phi) is 3.99. The smallest absolute Gasteiger partial charge is 0.223 e. The van der Waals surface area contributed by atoms with E-state index in [-0.39, 0.29) is 0 Å². The van der Waals surface area contributed by atoms with Gasteiger partial charge in [0.25, 0.3) is 0 Å². The van der Waals surface area contributed by atoms with Gasteiger partial charge in [0.15, 0.2) is 5.82 Å². The van der Waals surface area contributed by atoms with Crippen molar-refractivity contribution in [1.29, 1.82) is 0 Å². The van der Waals surface area contributed by atoms with Gasteiger partial charge in [-0.2, -0.15) is 4.98 Å². The van der Waals surface area contributed by atoms with Gasteiger partial charge in [0.05, 0.1) is 6.54 Å². The molecule has 0 spiro atoms. The van der Waals surface area contributed by atoms with Crippen molar-refractivity contribution in [1.82, 2.24) is 15.5 Å². The number of hydrogen-bond donors (Lipinski definition) is 1. The van der Waals surface area contributed by atoms with Crippen LogP contribution in [0.25, 0.3) is 0 Å². The highest BCUT2D eigenvalue weighted by Gasteiger charge is 2.02. The van der Waals surface area contributed by atoms with Crippen molar-refractivity contribution in [2.75, 3.05) is 6.54 Å². The van der Waals surface area contributed by atoms with E-state index in [9.17, 15) is 8.78 Å². The molecule has 0 amide bonds. The normalized spacial score (nSPS) is 10.8. The van der Waals surface area contributed by atoms with Crippen LogP contribution in [-0.4, -0.2) is 16.7 Å². The van der Waals surface area contributed by atoms with Crippen LogP contribution in [0.4, 0.5) is 8.78 Å². The minimum absolute atomic E-state index is 0.467. The zero-order valence-corrected chi connectivity index (χ0v) is 9.91. The van der Waals surface area contributed by atoms with Crippen molar-refractivity contribution in [3.63, 3.8) is 0 Å². The average molecular weight is 253 g/mol. The third kappa shape index (κ3) is 3.59. The van der Waals surface area contributed by atoms with Gasteiger partial charge in [-0.3, -0.25) is 0 Å². The third-order valence-corrected chi connectivity index (χ3v) is 2.37. The second kappa shape index (κ2) is 5.68. The lowest BCUT2D eigenvalue weighted by Gasteiger charge is -2.03. The number of benzene rings is 1. The van der Waals surface area contributed by atoms with Gasteiger partial charge in [-0.05, 0) is 30.7 Å². The molecule has 0 unspecified atom stereocenters. The molecule has 1 N–H and O–H groups in total. The molecule has 6 heteroatoms. The lowest BCUT2D eigenvalue weighted by molar-refractivity contribution is 0.385. The highest BCUT2D eigenvalue weighted by Crippen LogP contribution is 2.08. The molecule has 1 heterocycles. The number of halogens is 2. The van der Waals surface area contributed by atoms with Gasteiger partial charge in [0.2, 0.25) is 5.89 Å². The minimum Gasteiger partial charge on any atom is -0.340 e. The van der Waals surface area contributed by atoms with E-state index in [1.165, 1.54) is 12.1 Å². The molecular weight excluding hydrogens is 240 g/mol. The van der Waals surface area contributed by atoms with Crippen molar-refractivity contribution >= 4 is 0 Å². The number of aromatic nitrogens is 2. The first-order chi connectivity index (χ1) is 8.63. The van der Waals surface area contributed by atoms with E-state index in [4.69, 9.17) is 4.52 Å². The summed E-state index contributed by atoms with van der Waals surface area (Å²) < 4.78 is 30.6. The Balaban J connectivity index is 1.78. The summed E-state index contributed by atoms with van der Waals surface area (Å²) in [7, 11) is 0. The zero-order chi connectivity index (χ0) is 13.0. The van der Waals surface area contributed by atoms with E-state index >= 15 is 0 Å². The van der Waals surface area contributed by atoms with Gasteiger partial charge in [0.1, 0.15) is 11.6 Å². The number of nitrogens with one attached hydrogen (secondary N) is 1. The Morgan fingerprint density at radius 3 is 2.56 bits per heavy atom. The Labute approximate surface area is 103 Å². The summed E-state index contributed by atoms with van der Waals surface area (Å²) in [5.41, 5.74) is 0.615. The van der Waals surface area contributed by atoms with Gasteiger partial charge >= 0.3 is 0 Å². The first kappa shape index (κ1) is 12.6. The predicted octanol–water partition coefficient (Wildman–Crippen LogP) is 1.99. The molecule has 0 fully saturated rings. The van der Waals surface area contributed by atoms with Crippen LogP contribution in [0, 0.1) is 18.6 Å². The topological polar surface area (TPSA) is 51.0 Å². The lowest BCUT2D eigenvalue weighted by atomic mass is 10.1. The van der Waals surface area contributed by atoms with E-state index in [0.29, 0.717) is 36.8 Å². The maximum atomic E-state index is 12.9. The van der Waals surface area contributed by atoms with Gasteiger partial charge < -0.3 is 9.84 Å². The minimum atomic E-state index is -0.557. The van der Waals surface area contributed by atoms with Crippen molar-refractivity contribution in [3.05, 3.63) is 47.1 Å². The van der Waals surface area contributed by atoms with Crippen LogP contribution in [0.1, 0.15) is 17.3 Å². The molecule has 4 nitrogen and oxygen atoms in total. The Morgan fingerprint density at radius 2 is 1.94 bits per heavy atom. The fourth-order valence-electron chi connectivity index (χ4n) is 1.60. The summed E-state index contributed by atoms with van der Waals surface area (Å²) in [6, 6.07) is 3.51. The first-order valence-electron chi connectivity index (χ1n) is 5.58. The highest BCUT2D eigenvalue weighted by molar-refractivity contribution is 5.18. The molecule has 1 aromatic carbocycles. The largest absolute Gasteiger partial charge is 0.340 e. The number of rotatable bonds is 5. The van der Waals surface area contributed by atoms with Crippen LogP contribution in [0.15, 0.2) is 22.7 Å². The monoisotopic (exact) mass is 253 g/mol. The number of nitrogens with zero attached hydrogens (tertiary/aromatic N) is 2. The summed E-state index contributed by atoms with van der Waals surface area (Å²) in [4.78, 5) is 4.02. The van der Waals surface area contributed by atoms with Crippen molar-refractivity contribution in [2.45, 2.75) is 19.9 Å². The second-order valence-corrected chi connectivity index (χ2v) is 3.93. The van der Waals surface area contributed by atoms with E-state index in [1.807, 2.05) is 0 Å². The van der Waals surface area contributed by atoms with Gasteiger partial charge in [-0.25, -0.2) is 8.78 Å². The van der Waals surface area contributed by atoms with Crippen LogP contribution in [0.2, 0.25) is 0 Å². The van der Waals surface area contributed by atoms with Crippen LogP contribution in [0.5, 0.6) is 0 Å². The summed E-state index contributed by atoms with van der Waals surface area (Å²) in [6.07, 6.45) is 0.533. The highest BCUT2D eigenvalue weighted by atomic mass is 19.1. The van der Waals surface area contributed by atoms with E-state index in [2.05, 4.69) is 15.5 Å². The molecule has 1 aromatic heterocycles. The van der Waals surface area contributed by atoms with E-state index < -0.39 is 11.6 Å². The quantitative estimate of drug-likeness (QED) is 0.828. The molecule has 0 aliphatic rings. The molecule has 0 aliphatic heterocycles.